The van der Waals surface area contributed by atoms with Crippen molar-refractivity contribution in [3.8, 4) is 0 Å². The maximum Gasteiger partial charge on any atom is 0.272 e. The van der Waals surface area contributed by atoms with Gasteiger partial charge in [0.1, 0.15) is 0 Å². The monoisotopic (exact) mass is 290 g/mol. The van der Waals surface area contributed by atoms with E-state index in [1.807, 2.05) is 12.1 Å². The molecule has 5 nitrogen and oxygen atoms in total. The molecular formula is C15H15FN2O3. The van der Waals surface area contributed by atoms with Crippen LogP contribution >= 0.6 is 0 Å². The average Bonchev–Trinajstić information content (AvgIpc) is 2.46. The lowest BCUT2D eigenvalue weighted by atomic mass is 10.1. The molecule has 0 saturated carbocycles. The van der Waals surface area contributed by atoms with Gasteiger partial charge >= 0.3 is 0 Å². The van der Waals surface area contributed by atoms with Crippen molar-refractivity contribution in [1.29, 1.82) is 0 Å². The molecule has 2 N–H and O–H groups in total. The molecular weight excluding hydrogens is 275 g/mol. The van der Waals surface area contributed by atoms with Crippen LogP contribution < -0.4 is 5.32 Å². The number of nitrogens with zero attached hydrogens (tertiary/aromatic N) is 1. The number of rotatable bonds is 5. The predicted octanol–water partition coefficient (Wildman–Crippen LogP) is 3.40. The minimum Gasteiger partial charge on any atom is -0.389 e. The first-order chi connectivity index (χ1) is 9.97. The zero-order valence-corrected chi connectivity index (χ0v) is 11.4. The van der Waals surface area contributed by atoms with Gasteiger partial charge in [0.15, 0.2) is 5.82 Å². The molecule has 0 heterocycles. The van der Waals surface area contributed by atoms with Crippen LogP contribution in [0.1, 0.15) is 24.2 Å². The topological polar surface area (TPSA) is 75.4 Å². The Morgan fingerprint density at radius 1 is 1.29 bits per heavy atom. The fourth-order valence-electron chi connectivity index (χ4n) is 1.87. The van der Waals surface area contributed by atoms with Crippen LogP contribution in [0.5, 0.6) is 0 Å². The van der Waals surface area contributed by atoms with Gasteiger partial charge in [-0.2, -0.15) is 0 Å². The number of benzene rings is 2. The Kier molecular flexibility index (Phi) is 4.49. The Balaban J connectivity index is 2.04. The van der Waals surface area contributed by atoms with Crippen molar-refractivity contribution < 1.29 is 14.4 Å². The normalized spacial score (nSPS) is 12.0. The summed E-state index contributed by atoms with van der Waals surface area (Å²) >= 11 is 0. The van der Waals surface area contributed by atoms with Crippen molar-refractivity contribution in [2.24, 2.45) is 0 Å². The highest BCUT2D eigenvalue weighted by molar-refractivity contribution is 5.50. The number of hydrogen-bond acceptors (Lipinski definition) is 4. The van der Waals surface area contributed by atoms with Crippen LogP contribution in [0.3, 0.4) is 0 Å². The molecule has 21 heavy (non-hydrogen) atoms. The second-order valence-corrected chi connectivity index (χ2v) is 4.69. The number of nitrogens with one attached hydrogen (secondary N) is 1. The van der Waals surface area contributed by atoms with E-state index >= 15 is 0 Å². The zero-order chi connectivity index (χ0) is 15.4. The highest BCUT2D eigenvalue weighted by Gasteiger charge is 2.10. The molecule has 0 aliphatic heterocycles. The molecule has 0 aromatic heterocycles. The second kappa shape index (κ2) is 6.32. The Bertz CT molecular complexity index is 642. The van der Waals surface area contributed by atoms with E-state index in [9.17, 15) is 19.6 Å². The summed E-state index contributed by atoms with van der Waals surface area (Å²) in [4.78, 5) is 9.89. The quantitative estimate of drug-likeness (QED) is 0.653. The first-order valence-electron chi connectivity index (χ1n) is 6.42. The van der Waals surface area contributed by atoms with E-state index in [0.717, 1.165) is 17.2 Å². The standard InChI is InChI=1S/C15H15FN2O3/c1-10(19)12-4-2-11(3-5-12)9-17-15-7-6-13(18(20)21)8-14(15)16/h2-8,10,17,19H,9H2,1H3. The summed E-state index contributed by atoms with van der Waals surface area (Å²) in [7, 11) is 0. The van der Waals surface area contributed by atoms with Gasteiger partial charge in [-0.3, -0.25) is 10.1 Å². The van der Waals surface area contributed by atoms with E-state index in [-0.39, 0.29) is 11.4 Å². The maximum absolute atomic E-state index is 13.7. The van der Waals surface area contributed by atoms with Gasteiger partial charge in [0.05, 0.1) is 22.8 Å². The van der Waals surface area contributed by atoms with Crippen molar-refractivity contribution in [1.82, 2.24) is 0 Å². The van der Waals surface area contributed by atoms with Crippen molar-refractivity contribution in [2.45, 2.75) is 19.6 Å². The van der Waals surface area contributed by atoms with Crippen molar-refractivity contribution >= 4 is 11.4 Å². The molecule has 6 heteroatoms. The summed E-state index contributed by atoms with van der Waals surface area (Å²) in [5.74, 6) is -0.662. The molecule has 1 atom stereocenters. The number of aliphatic hydroxyl groups excluding tert-OH is 1. The van der Waals surface area contributed by atoms with Gasteiger partial charge in [-0.05, 0) is 24.1 Å². The van der Waals surface area contributed by atoms with Crippen LogP contribution in [0.25, 0.3) is 0 Å². The van der Waals surface area contributed by atoms with Gasteiger partial charge in [-0.1, -0.05) is 24.3 Å². The molecule has 2 aromatic carbocycles. The summed E-state index contributed by atoms with van der Waals surface area (Å²) in [5, 5.41) is 22.8. The van der Waals surface area contributed by atoms with E-state index in [2.05, 4.69) is 5.32 Å². The van der Waals surface area contributed by atoms with Crippen LogP contribution in [0, 0.1) is 15.9 Å². The molecule has 0 bridgehead atoms. The molecule has 2 rings (SSSR count). The molecule has 0 saturated heterocycles. The number of halogens is 1. The van der Waals surface area contributed by atoms with Gasteiger partial charge in [-0.25, -0.2) is 4.39 Å². The summed E-state index contributed by atoms with van der Waals surface area (Å²) < 4.78 is 13.7. The lowest BCUT2D eigenvalue weighted by Crippen LogP contribution is -2.02. The number of aliphatic hydroxyl groups is 1. The van der Waals surface area contributed by atoms with Gasteiger partial charge in [0, 0.05) is 12.6 Å². The number of nitro benzene ring substituents is 1. The van der Waals surface area contributed by atoms with Gasteiger partial charge < -0.3 is 10.4 Å². The highest BCUT2D eigenvalue weighted by Crippen LogP contribution is 2.21. The van der Waals surface area contributed by atoms with E-state index in [4.69, 9.17) is 0 Å². The third-order valence-corrected chi connectivity index (χ3v) is 3.11. The van der Waals surface area contributed by atoms with Gasteiger partial charge in [0.2, 0.25) is 0 Å². The lowest BCUT2D eigenvalue weighted by Gasteiger charge is -2.09. The number of hydrogen-bond donors (Lipinski definition) is 2. The molecule has 0 radical (unpaired) electrons. The first kappa shape index (κ1) is 14.9. The second-order valence-electron chi connectivity index (χ2n) is 4.69. The number of anilines is 1. The molecule has 2 aromatic rings. The minimum atomic E-state index is -0.662. The molecule has 0 aliphatic rings. The van der Waals surface area contributed by atoms with Crippen molar-refractivity contribution in [2.75, 3.05) is 5.32 Å². The fourth-order valence-corrected chi connectivity index (χ4v) is 1.87. The first-order valence-corrected chi connectivity index (χ1v) is 6.42. The predicted molar refractivity (Wildman–Crippen MR) is 77.5 cm³/mol. The number of nitro groups is 1. The Hall–Kier alpha value is -2.47. The maximum atomic E-state index is 13.7. The Morgan fingerprint density at radius 2 is 1.95 bits per heavy atom. The summed E-state index contributed by atoms with van der Waals surface area (Å²) in [6, 6.07) is 10.7. The number of non-ortho nitro benzene ring substituents is 1. The minimum absolute atomic E-state index is 0.209. The van der Waals surface area contributed by atoms with E-state index < -0.39 is 16.8 Å². The molecule has 0 spiro atoms. The van der Waals surface area contributed by atoms with Crippen LogP contribution in [0.15, 0.2) is 42.5 Å². The van der Waals surface area contributed by atoms with Crippen LogP contribution in [0.2, 0.25) is 0 Å². The van der Waals surface area contributed by atoms with Gasteiger partial charge in [0.25, 0.3) is 5.69 Å². The Morgan fingerprint density at radius 3 is 2.48 bits per heavy atom. The molecule has 1 unspecified atom stereocenters. The van der Waals surface area contributed by atoms with Crippen molar-refractivity contribution in [3.63, 3.8) is 0 Å². The largest absolute Gasteiger partial charge is 0.389 e. The average molecular weight is 290 g/mol. The van der Waals surface area contributed by atoms with Crippen LogP contribution in [-0.2, 0) is 6.54 Å². The molecule has 0 aliphatic carbocycles. The summed E-state index contributed by atoms with van der Waals surface area (Å²) in [6.07, 6.45) is -0.529. The molecule has 0 amide bonds. The Labute approximate surface area is 121 Å². The highest BCUT2D eigenvalue weighted by atomic mass is 19.1. The zero-order valence-electron chi connectivity index (χ0n) is 11.4. The smallest absolute Gasteiger partial charge is 0.272 e. The fraction of sp³-hybridized carbons (Fsp3) is 0.200. The van der Waals surface area contributed by atoms with Gasteiger partial charge in [-0.15, -0.1) is 0 Å². The van der Waals surface area contributed by atoms with E-state index in [1.165, 1.54) is 12.1 Å². The molecule has 110 valence electrons. The summed E-state index contributed by atoms with van der Waals surface area (Å²) in [5.41, 5.74) is 1.65. The van der Waals surface area contributed by atoms with Crippen molar-refractivity contribution in [3.05, 3.63) is 69.5 Å². The SMILES string of the molecule is CC(O)c1ccc(CNc2ccc([N+](=O)[O-])cc2F)cc1. The van der Waals surface area contributed by atoms with E-state index in [1.54, 1.807) is 19.1 Å². The third kappa shape index (κ3) is 3.76. The van der Waals surface area contributed by atoms with Crippen LogP contribution in [0.4, 0.5) is 15.8 Å². The third-order valence-electron chi connectivity index (χ3n) is 3.11. The van der Waals surface area contributed by atoms with E-state index in [0.29, 0.717) is 6.54 Å². The summed E-state index contributed by atoms with van der Waals surface area (Å²) in [6.45, 7) is 2.06. The lowest BCUT2D eigenvalue weighted by molar-refractivity contribution is -0.385. The van der Waals surface area contributed by atoms with Crippen LogP contribution in [-0.4, -0.2) is 10.0 Å². The molecule has 0 fully saturated rings.